The Balaban J connectivity index is 1.90. The highest BCUT2D eigenvalue weighted by molar-refractivity contribution is 7.80. The van der Waals surface area contributed by atoms with E-state index < -0.39 is 0 Å². The number of nitrogens with one attached hydrogen (secondary N) is 1. The summed E-state index contributed by atoms with van der Waals surface area (Å²) in [5.41, 5.74) is 6.54. The van der Waals surface area contributed by atoms with E-state index in [4.69, 9.17) is 18.0 Å². The van der Waals surface area contributed by atoms with Crippen molar-refractivity contribution in [3.05, 3.63) is 29.6 Å². The third kappa shape index (κ3) is 4.20. The maximum absolute atomic E-state index is 12.1. The van der Waals surface area contributed by atoms with Crippen LogP contribution in [-0.4, -0.2) is 72.0 Å². The van der Waals surface area contributed by atoms with Gasteiger partial charge < -0.3 is 16.0 Å². The smallest absolute Gasteiger partial charge is 0.269 e. The predicted molar refractivity (Wildman–Crippen MR) is 86.4 cm³/mol. The van der Waals surface area contributed by atoms with E-state index in [2.05, 4.69) is 34.2 Å². The number of amides is 1. The molecule has 1 amide bonds. The van der Waals surface area contributed by atoms with Crippen molar-refractivity contribution in [1.29, 1.82) is 0 Å². The lowest BCUT2D eigenvalue weighted by Gasteiger charge is -2.37. The minimum Gasteiger partial charge on any atom is -0.389 e. The van der Waals surface area contributed by atoms with E-state index in [1.807, 2.05) is 0 Å². The van der Waals surface area contributed by atoms with Gasteiger partial charge >= 0.3 is 0 Å². The van der Waals surface area contributed by atoms with Gasteiger partial charge in [-0.2, -0.15) is 0 Å². The zero-order valence-corrected chi connectivity index (χ0v) is 13.2. The molecule has 2 heterocycles. The van der Waals surface area contributed by atoms with E-state index >= 15 is 0 Å². The molecule has 1 atom stereocenters. The van der Waals surface area contributed by atoms with Crippen LogP contribution in [-0.2, 0) is 0 Å². The minimum absolute atomic E-state index is 0.175. The van der Waals surface area contributed by atoms with Crippen LogP contribution in [0.4, 0.5) is 0 Å². The standard InChI is InChI=1S/C14H21N5OS/c1-18-5-6-19(2)11(9-18)8-17-14(20)12-4-3-10(7-16-12)13(15)21/h3-4,7,11H,5-6,8-9H2,1-2H3,(H2,15,21)(H,17,20). The normalized spacial score (nSPS) is 20.2. The van der Waals surface area contributed by atoms with Crippen molar-refractivity contribution >= 4 is 23.1 Å². The van der Waals surface area contributed by atoms with Crippen molar-refractivity contribution in [2.75, 3.05) is 40.3 Å². The number of piperazine rings is 1. The molecule has 3 N–H and O–H groups in total. The van der Waals surface area contributed by atoms with Gasteiger partial charge in [0.05, 0.1) is 0 Å². The summed E-state index contributed by atoms with van der Waals surface area (Å²) in [5, 5.41) is 2.93. The molecule has 6 nitrogen and oxygen atoms in total. The number of carbonyl (C=O) groups is 1. The molecular weight excluding hydrogens is 286 g/mol. The first-order chi connectivity index (χ1) is 9.97. The lowest BCUT2D eigenvalue weighted by atomic mass is 10.2. The average Bonchev–Trinajstić information content (AvgIpc) is 2.48. The fourth-order valence-electron chi connectivity index (χ4n) is 2.30. The summed E-state index contributed by atoms with van der Waals surface area (Å²) < 4.78 is 0. The molecule has 2 rings (SSSR count). The molecule has 114 valence electrons. The largest absolute Gasteiger partial charge is 0.389 e. The van der Waals surface area contributed by atoms with Crippen LogP contribution in [0.3, 0.4) is 0 Å². The van der Waals surface area contributed by atoms with Gasteiger partial charge in [-0.25, -0.2) is 0 Å². The third-order valence-corrected chi connectivity index (χ3v) is 3.99. The molecule has 21 heavy (non-hydrogen) atoms. The molecule has 1 aromatic rings. The molecule has 0 aromatic carbocycles. The lowest BCUT2D eigenvalue weighted by Crippen LogP contribution is -2.54. The average molecular weight is 307 g/mol. The Kier molecular flexibility index (Phi) is 5.22. The van der Waals surface area contributed by atoms with Crippen LogP contribution in [0.15, 0.2) is 18.3 Å². The first-order valence-electron chi connectivity index (χ1n) is 6.90. The molecule has 0 bridgehead atoms. The molecule has 0 aliphatic carbocycles. The number of aromatic nitrogens is 1. The molecule has 0 saturated carbocycles. The molecular formula is C14H21N5OS. The topological polar surface area (TPSA) is 74.5 Å². The highest BCUT2D eigenvalue weighted by Gasteiger charge is 2.22. The fourth-order valence-corrected chi connectivity index (χ4v) is 2.42. The maximum atomic E-state index is 12.1. The second kappa shape index (κ2) is 6.93. The van der Waals surface area contributed by atoms with Crippen LogP contribution in [0.25, 0.3) is 0 Å². The second-order valence-corrected chi connectivity index (χ2v) is 5.84. The molecule has 1 aliphatic heterocycles. The molecule has 1 aromatic heterocycles. The highest BCUT2D eigenvalue weighted by atomic mass is 32.1. The van der Waals surface area contributed by atoms with Crippen LogP contribution in [0.5, 0.6) is 0 Å². The summed E-state index contributed by atoms with van der Waals surface area (Å²) in [6.45, 7) is 3.63. The summed E-state index contributed by atoms with van der Waals surface area (Å²) in [7, 11) is 4.18. The van der Waals surface area contributed by atoms with E-state index in [1.54, 1.807) is 12.1 Å². The van der Waals surface area contributed by atoms with Gasteiger partial charge in [0.2, 0.25) is 0 Å². The number of nitrogens with zero attached hydrogens (tertiary/aromatic N) is 3. The minimum atomic E-state index is -0.175. The van der Waals surface area contributed by atoms with Gasteiger partial charge in [-0.1, -0.05) is 12.2 Å². The number of pyridine rings is 1. The van der Waals surface area contributed by atoms with Crippen LogP contribution in [0.2, 0.25) is 0 Å². The van der Waals surface area contributed by atoms with Gasteiger partial charge in [-0.15, -0.1) is 0 Å². The van der Waals surface area contributed by atoms with Crippen molar-refractivity contribution in [3.63, 3.8) is 0 Å². The number of hydrogen-bond acceptors (Lipinski definition) is 5. The molecule has 0 radical (unpaired) electrons. The Morgan fingerprint density at radius 1 is 1.48 bits per heavy atom. The van der Waals surface area contributed by atoms with Crippen molar-refractivity contribution in [2.24, 2.45) is 5.73 Å². The molecule has 7 heteroatoms. The third-order valence-electron chi connectivity index (χ3n) is 3.76. The van der Waals surface area contributed by atoms with Gasteiger partial charge in [0.25, 0.3) is 5.91 Å². The van der Waals surface area contributed by atoms with Gasteiger partial charge in [0.1, 0.15) is 10.7 Å². The summed E-state index contributed by atoms with van der Waals surface area (Å²) in [5.74, 6) is -0.175. The van der Waals surface area contributed by atoms with Crippen molar-refractivity contribution in [2.45, 2.75) is 6.04 Å². The predicted octanol–water partition coefficient (Wildman–Crippen LogP) is -0.309. The molecule has 0 spiro atoms. The molecule has 1 aliphatic rings. The quantitative estimate of drug-likeness (QED) is 0.744. The molecule has 1 saturated heterocycles. The fraction of sp³-hybridized carbons (Fsp3) is 0.500. The molecule has 1 fully saturated rings. The Hall–Kier alpha value is -1.57. The number of hydrogen-bond donors (Lipinski definition) is 2. The van der Waals surface area contributed by atoms with Crippen LogP contribution in [0, 0.1) is 0 Å². The van der Waals surface area contributed by atoms with Crippen LogP contribution in [0.1, 0.15) is 16.1 Å². The van der Waals surface area contributed by atoms with Crippen LogP contribution >= 0.6 is 12.2 Å². The Morgan fingerprint density at radius 2 is 2.24 bits per heavy atom. The number of nitrogens with two attached hydrogens (primary N) is 1. The second-order valence-electron chi connectivity index (χ2n) is 5.40. The SMILES string of the molecule is CN1CCN(C)C(CNC(=O)c2ccc(C(N)=S)cn2)C1. The molecule has 1 unspecified atom stereocenters. The van der Waals surface area contributed by atoms with Gasteiger partial charge in [-0.05, 0) is 26.2 Å². The van der Waals surface area contributed by atoms with E-state index in [0.717, 1.165) is 19.6 Å². The first kappa shape index (κ1) is 15.8. The van der Waals surface area contributed by atoms with Gasteiger partial charge in [-0.3, -0.25) is 14.7 Å². The number of thiocarbonyl (C=S) groups is 1. The summed E-state index contributed by atoms with van der Waals surface area (Å²) >= 11 is 4.86. The lowest BCUT2D eigenvalue weighted by molar-refractivity contribution is 0.0877. The van der Waals surface area contributed by atoms with Gasteiger partial charge in [0.15, 0.2) is 0 Å². The number of likely N-dealkylation sites (N-methyl/N-ethyl adjacent to an activating group) is 2. The number of rotatable bonds is 4. The van der Waals surface area contributed by atoms with Crippen molar-refractivity contribution in [3.8, 4) is 0 Å². The summed E-state index contributed by atoms with van der Waals surface area (Å²) in [6.07, 6.45) is 1.53. The van der Waals surface area contributed by atoms with Crippen molar-refractivity contribution in [1.82, 2.24) is 20.1 Å². The van der Waals surface area contributed by atoms with E-state index in [0.29, 0.717) is 23.8 Å². The van der Waals surface area contributed by atoms with E-state index in [1.165, 1.54) is 6.20 Å². The van der Waals surface area contributed by atoms with E-state index in [9.17, 15) is 4.79 Å². The number of carbonyl (C=O) groups excluding carboxylic acids is 1. The Bertz CT molecular complexity index is 519. The summed E-state index contributed by atoms with van der Waals surface area (Å²) in [6, 6.07) is 3.68. The van der Waals surface area contributed by atoms with Crippen LogP contribution < -0.4 is 11.1 Å². The first-order valence-corrected chi connectivity index (χ1v) is 7.31. The van der Waals surface area contributed by atoms with Crippen molar-refractivity contribution < 1.29 is 4.79 Å². The summed E-state index contributed by atoms with van der Waals surface area (Å²) in [4.78, 5) is 21.0. The van der Waals surface area contributed by atoms with Gasteiger partial charge in [0, 0.05) is 44.0 Å². The zero-order valence-electron chi connectivity index (χ0n) is 12.4. The Labute approximate surface area is 130 Å². The zero-order chi connectivity index (χ0) is 15.4. The van der Waals surface area contributed by atoms with E-state index in [-0.39, 0.29) is 10.9 Å². The maximum Gasteiger partial charge on any atom is 0.269 e. The monoisotopic (exact) mass is 307 g/mol. The highest BCUT2D eigenvalue weighted by Crippen LogP contribution is 2.05. The Morgan fingerprint density at radius 3 is 2.86 bits per heavy atom.